The summed E-state index contributed by atoms with van der Waals surface area (Å²) in [5.74, 6) is 0. The molecule has 0 aromatic rings. The number of urea groups is 1. The van der Waals surface area contributed by atoms with E-state index in [-0.39, 0.29) is 6.03 Å². The molecular formula is C15H27N3O. The van der Waals surface area contributed by atoms with Crippen molar-refractivity contribution >= 4 is 6.03 Å². The third-order valence-electron chi connectivity index (χ3n) is 5.13. The molecule has 2 heterocycles. The summed E-state index contributed by atoms with van der Waals surface area (Å²) in [6, 6.07) is 1.59. The van der Waals surface area contributed by atoms with E-state index in [9.17, 15) is 4.79 Å². The zero-order valence-corrected chi connectivity index (χ0v) is 12.1. The van der Waals surface area contributed by atoms with Crippen LogP contribution < -0.4 is 5.32 Å². The average Bonchev–Trinajstić information content (AvgIpc) is 2.90. The van der Waals surface area contributed by atoms with Crippen molar-refractivity contribution in [1.29, 1.82) is 0 Å². The molecule has 2 saturated heterocycles. The summed E-state index contributed by atoms with van der Waals surface area (Å²) in [4.78, 5) is 17.1. The summed E-state index contributed by atoms with van der Waals surface area (Å²) in [7, 11) is 0. The molecule has 0 aromatic carbocycles. The second kappa shape index (κ2) is 5.70. The molecule has 108 valence electrons. The summed E-state index contributed by atoms with van der Waals surface area (Å²) >= 11 is 0. The van der Waals surface area contributed by atoms with Crippen LogP contribution in [0.25, 0.3) is 0 Å². The number of carbonyl (C=O) groups excluding carboxylic acids is 1. The maximum atomic E-state index is 12.4. The molecular weight excluding hydrogens is 238 g/mol. The van der Waals surface area contributed by atoms with E-state index in [1.54, 1.807) is 0 Å². The summed E-state index contributed by atoms with van der Waals surface area (Å²) < 4.78 is 0. The number of carbonyl (C=O) groups is 1. The first-order chi connectivity index (χ1) is 9.24. The molecule has 1 aliphatic carbocycles. The van der Waals surface area contributed by atoms with Gasteiger partial charge in [-0.1, -0.05) is 19.3 Å². The van der Waals surface area contributed by atoms with Gasteiger partial charge in [-0.15, -0.1) is 0 Å². The Labute approximate surface area is 116 Å². The van der Waals surface area contributed by atoms with Gasteiger partial charge in [0.15, 0.2) is 0 Å². The van der Waals surface area contributed by atoms with Gasteiger partial charge in [0, 0.05) is 31.2 Å². The van der Waals surface area contributed by atoms with E-state index >= 15 is 0 Å². The summed E-state index contributed by atoms with van der Waals surface area (Å²) in [6.07, 6.45) is 8.81. The molecule has 2 unspecified atom stereocenters. The van der Waals surface area contributed by atoms with Gasteiger partial charge in [0.2, 0.25) is 0 Å². The Bertz CT molecular complexity index is 327. The topological polar surface area (TPSA) is 35.6 Å². The molecule has 19 heavy (non-hydrogen) atoms. The Morgan fingerprint density at radius 1 is 1.05 bits per heavy atom. The lowest BCUT2D eigenvalue weighted by molar-refractivity contribution is 0.0339. The summed E-state index contributed by atoms with van der Waals surface area (Å²) in [5.41, 5.74) is 0. The van der Waals surface area contributed by atoms with Crippen molar-refractivity contribution in [3.05, 3.63) is 0 Å². The van der Waals surface area contributed by atoms with Gasteiger partial charge in [-0.2, -0.15) is 0 Å². The zero-order chi connectivity index (χ0) is 13.2. The highest BCUT2D eigenvalue weighted by atomic mass is 16.2. The van der Waals surface area contributed by atoms with Crippen molar-refractivity contribution < 1.29 is 4.79 Å². The Morgan fingerprint density at radius 3 is 2.58 bits per heavy atom. The molecule has 4 heteroatoms. The number of piperidine rings is 1. The number of amides is 2. The predicted molar refractivity (Wildman–Crippen MR) is 76.2 cm³/mol. The normalized spacial score (nSPS) is 33.2. The highest BCUT2D eigenvalue weighted by molar-refractivity contribution is 5.75. The molecule has 2 amide bonds. The van der Waals surface area contributed by atoms with Crippen LogP contribution >= 0.6 is 0 Å². The van der Waals surface area contributed by atoms with Gasteiger partial charge in [0.25, 0.3) is 0 Å². The van der Waals surface area contributed by atoms with E-state index < -0.39 is 0 Å². The molecule has 3 fully saturated rings. The van der Waals surface area contributed by atoms with Crippen molar-refractivity contribution in [2.24, 2.45) is 0 Å². The van der Waals surface area contributed by atoms with Crippen LogP contribution in [0.5, 0.6) is 0 Å². The maximum absolute atomic E-state index is 12.4. The van der Waals surface area contributed by atoms with E-state index in [1.165, 1.54) is 51.5 Å². The Balaban J connectivity index is 1.58. The minimum atomic E-state index is 0.185. The molecule has 0 spiro atoms. The fourth-order valence-electron chi connectivity index (χ4n) is 3.96. The van der Waals surface area contributed by atoms with Crippen LogP contribution in [-0.2, 0) is 0 Å². The van der Waals surface area contributed by atoms with E-state index in [0.29, 0.717) is 18.1 Å². The quantitative estimate of drug-likeness (QED) is 0.789. The van der Waals surface area contributed by atoms with Gasteiger partial charge in [-0.05, 0) is 39.2 Å². The minimum Gasteiger partial charge on any atom is -0.335 e. The smallest absolute Gasteiger partial charge is 0.317 e. The Kier molecular flexibility index (Phi) is 3.96. The molecule has 2 aliphatic heterocycles. The number of hydrogen-bond donors (Lipinski definition) is 1. The highest BCUT2D eigenvalue weighted by Crippen LogP contribution is 2.24. The monoisotopic (exact) mass is 265 g/mol. The number of nitrogens with zero attached hydrogens (tertiary/aromatic N) is 2. The van der Waals surface area contributed by atoms with Crippen molar-refractivity contribution in [2.75, 3.05) is 19.6 Å². The molecule has 1 saturated carbocycles. The predicted octanol–water partition coefficient (Wildman–Crippen LogP) is 2.20. The van der Waals surface area contributed by atoms with Crippen LogP contribution in [0.3, 0.4) is 0 Å². The highest BCUT2D eigenvalue weighted by Gasteiger charge is 2.35. The maximum Gasteiger partial charge on any atom is 0.317 e. The summed E-state index contributed by atoms with van der Waals surface area (Å²) in [5, 5.41) is 3.24. The van der Waals surface area contributed by atoms with Crippen molar-refractivity contribution in [3.63, 3.8) is 0 Å². The lowest BCUT2D eigenvalue weighted by Gasteiger charge is -2.47. The average molecular weight is 265 g/mol. The number of rotatable bonds is 1. The van der Waals surface area contributed by atoms with E-state index in [1.807, 2.05) is 0 Å². The van der Waals surface area contributed by atoms with Gasteiger partial charge in [-0.25, -0.2) is 4.79 Å². The molecule has 0 bridgehead atoms. The fourth-order valence-corrected chi connectivity index (χ4v) is 3.96. The molecule has 1 N–H and O–H groups in total. The molecule has 0 radical (unpaired) electrons. The molecule has 3 aliphatic rings. The SMILES string of the molecule is CC1CN2CCCCC2CN1C(=O)NC1CCCC1. The minimum absolute atomic E-state index is 0.185. The standard InChI is InChI=1S/C15H27N3O/c1-12-10-17-9-5-4-8-14(17)11-18(12)15(19)16-13-6-2-3-7-13/h12-14H,2-11H2,1H3,(H,16,19). The Morgan fingerprint density at radius 2 is 1.79 bits per heavy atom. The van der Waals surface area contributed by atoms with Crippen molar-refractivity contribution in [2.45, 2.75) is 70.0 Å². The van der Waals surface area contributed by atoms with Gasteiger partial charge < -0.3 is 10.2 Å². The Hall–Kier alpha value is -0.770. The van der Waals surface area contributed by atoms with Crippen LogP contribution in [0, 0.1) is 0 Å². The van der Waals surface area contributed by atoms with Crippen LogP contribution in [0.2, 0.25) is 0 Å². The number of nitrogens with one attached hydrogen (secondary N) is 1. The van der Waals surface area contributed by atoms with Gasteiger partial charge >= 0.3 is 6.03 Å². The zero-order valence-electron chi connectivity index (χ0n) is 12.1. The number of hydrogen-bond acceptors (Lipinski definition) is 2. The largest absolute Gasteiger partial charge is 0.335 e. The lowest BCUT2D eigenvalue weighted by atomic mass is 9.97. The van der Waals surface area contributed by atoms with Crippen LogP contribution in [-0.4, -0.2) is 53.6 Å². The number of piperazine rings is 1. The lowest BCUT2D eigenvalue weighted by Crippen LogP contribution is -2.62. The summed E-state index contributed by atoms with van der Waals surface area (Å²) in [6.45, 7) is 5.41. The van der Waals surface area contributed by atoms with Crippen molar-refractivity contribution in [1.82, 2.24) is 15.1 Å². The van der Waals surface area contributed by atoms with Gasteiger partial charge in [0.05, 0.1) is 0 Å². The van der Waals surface area contributed by atoms with Crippen LogP contribution in [0.4, 0.5) is 4.79 Å². The first-order valence-electron chi connectivity index (χ1n) is 8.05. The third kappa shape index (κ3) is 2.88. The van der Waals surface area contributed by atoms with Gasteiger partial charge in [0.1, 0.15) is 0 Å². The van der Waals surface area contributed by atoms with Crippen molar-refractivity contribution in [3.8, 4) is 0 Å². The van der Waals surface area contributed by atoms with E-state index in [2.05, 4.69) is 22.0 Å². The molecule has 0 aromatic heterocycles. The fraction of sp³-hybridized carbons (Fsp3) is 0.933. The third-order valence-corrected chi connectivity index (χ3v) is 5.13. The van der Waals surface area contributed by atoms with E-state index in [0.717, 1.165) is 13.1 Å². The molecule has 3 rings (SSSR count). The van der Waals surface area contributed by atoms with Gasteiger partial charge in [-0.3, -0.25) is 4.90 Å². The van der Waals surface area contributed by atoms with E-state index in [4.69, 9.17) is 0 Å². The van der Waals surface area contributed by atoms with Crippen LogP contribution in [0.1, 0.15) is 51.9 Å². The number of fused-ring (bicyclic) bond motifs is 1. The molecule has 2 atom stereocenters. The first kappa shape index (κ1) is 13.2. The van der Waals surface area contributed by atoms with Crippen LogP contribution in [0.15, 0.2) is 0 Å². The second-order valence-electron chi connectivity index (χ2n) is 6.58. The first-order valence-corrected chi connectivity index (χ1v) is 8.05. The molecule has 4 nitrogen and oxygen atoms in total. The second-order valence-corrected chi connectivity index (χ2v) is 6.58.